The van der Waals surface area contributed by atoms with Gasteiger partial charge >= 0.3 is 0 Å². The molecule has 4 aliphatic rings. The molecule has 1 unspecified atom stereocenters. The molecule has 11 atom stereocenters. The molecular weight excluding hydrogens is 404 g/mol. The molecule has 0 spiro atoms. The number of hydrogen-bond acceptors (Lipinski definition) is 5. The molecule has 3 aliphatic carbocycles. The molecule has 0 bridgehead atoms. The Kier molecular flexibility index (Phi) is 7.64. The summed E-state index contributed by atoms with van der Waals surface area (Å²) in [6.45, 7) is 9.00. The lowest BCUT2D eigenvalue weighted by Gasteiger charge is -2.63. The number of methoxy groups -OCH3 is 3. The van der Waals surface area contributed by atoms with Gasteiger partial charge in [0, 0.05) is 33.4 Å². The highest BCUT2D eigenvalue weighted by Gasteiger charge is 2.66. The molecule has 0 aromatic rings. The number of hydrogen-bond donors (Lipinski definition) is 1. The van der Waals surface area contributed by atoms with Crippen molar-refractivity contribution in [3.8, 4) is 0 Å². The zero-order valence-corrected chi connectivity index (χ0v) is 21.3. The Balaban J connectivity index is 1.65. The molecule has 1 heterocycles. The molecular formula is C27H48O5. The summed E-state index contributed by atoms with van der Waals surface area (Å²) in [5.74, 6) is 3.59. The molecule has 0 aromatic heterocycles. The summed E-state index contributed by atoms with van der Waals surface area (Å²) in [4.78, 5) is 0. The Morgan fingerprint density at radius 1 is 1.03 bits per heavy atom. The molecule has 4 fully saturated rings. The van der Waals surface area contributed by atoms with Crippen molar-refractivity contribution in [2.75, 3.05) is 34.5 Å². The monoisotopic (exact) mass is 452 g/mol. The Hall–Kier alpha value is -0.200. The van der Waals surface area contributed by atoms with E-state index in [2.05, 4.69) is 20.8 Å². The second kappa shape index (κ2) is 9.81. The first-order valence-electron chi connectivity index (χ1n) is 13.1. The van der Waals surface area contributed by atoms with E-state index in [-0.39, 0.29) is 23.0 Å². The third kappa shape index (κ3) is 3.98. The molecule has 0 radical (unpaired) electrons. The number of aliphatic hydroxyl groups excluding tert-OH is 1. The van der Waals surface area contributed by atoms with Crippen molar-refractivity contribution in [3.05, 3.63) is 0 Å². The van der Waals surface area contributed by atoms with Gasteiger partial charge in [-0.2, -0.15) is 0 Å². The molecule has 1 N–H and O–H groups in total. The van der Waals surface area contributed by atoms with Crippen molar-refractivity contribution in [2.24, 2.45) is 46.3 Å². The predicted molar refractivity (Wildman–Crippen MR) is 125 cm³/mol. The average Bonchev–Trinajstić information content (AvgIpc) is 3.06. The fraction of sp³-hybridized carbons (Fsp3) is 1.00. The average molecular weight is 453 g/mol. The van der Waals surface area contributed by atoms with Gasteiger partial charge in [0.1, 0.15) is 0 Å². The number of ether oxygens (including phenoxy) is 4. The van der Waals surface area contributed by atoms with Crippen LogP contribution in [0.1, 0.15) is 72.1 Å². The van der Waals surface area contributed by atoms with Gasteiger partial charge in [0.2, 0.25) is 0 Å². The summed E-state index contributed by atoms with van der Waals surface area (Å²) >= 11 is 0. The van der Waals surface area contributed by atoms with Crippen molar-refractivity contribution in [1.82, 2.24) is 0 Å². The second-order valence-corrected chi connectivity index (χ2v) is 12.0. The normalized spacial score (nSPS) is 49.6. The quantitative estimate of drug-likeness (QED) is 0.557. The van der Waals surface area contributed by atoms with Crippen LogP contribution in [0.5, 0.6) is 0 Å². The molecule has 0 amide bonds. The molecule has 1 saturated heterocycles. The maximum Gasteiger partial charge on any atom is 0.154 e. The summed E-state index contributed by atoms with van der Waals surface area (Å²) in [6, 6.07) is 0. The molecule has 5 nitrogen and oxygen atoms in total. The number of rotatable bonds is 7. The van der Waals surface area contributed by atoms with E-state index in [1.54, 1.807) is 7.11 Å². The summed E-state index contributed by atoms with van der Waals surface area (Å²) in [5.41, 5.74) is 0.376. The van der Waals surface area contributed by atoms with E-state index in [4.69, 9.17) is 18.9 Å². The first kappa shape index (κ1) is 24.9. The number of aliphatic hydroxyl groups is 1. The third-order valence-electron chi connectivity index (χ3n) is 10.9. The number of fused-ring (bicyclic) bond motifs is 5. The largest absolute Gasteiger partial charge is 0.385 e. The maximum absolute atomic E-state index is 10.3. The summed E-state index contributed by atoms with van der Waals surface area (Å²) in [6.07, 6.45) is 8.85. The molecule has 1 aliphatic heterocycles. The van der Waals surface area contributed by atoms with Crippen LogP contribution in [0.15, 0.2) is 0 Å². The zero-order chi connectivity index (χ0) is 23.1. The minimum absolute atomic E-state index is 0.178. The zero-order valence-electron chi connectivity index (χ0n) is 21.3. The minimum atomic E-state index is -0.618. The van der Waals surface area contributed by atoms with Crippen LogP contribution in [0.3, 0.4) is 0 Å². The van der Waals surface area contributed by atoms with Gasteiger partial charge in [-0.25, -0.2) is 0 Å². The topological polar surface area (TPSA) is 57.2 Å². The molecule has 32 heavy (non-hydrogen) atoms. The highest BCUT2D eigenvalue weighted by molar-refractivity contribution is 5.14. The minimum Gasteiger partial charge on any atom is -0.385 e. The molecule has 3 saturated carbocycles. The van der Waals surface area contributed by atoms with Crippen LogP contribution < -0.4 is 0 Å². The molecule has 5 heteroatoms. The van der Waals surface area contributed by atoms with Crippen molar-refractivity contribution in [1.29, 1.82) is 0 Å². The standard InChI is InChI=1S/C27H48O5/c1-17(8-7-13-29-4)19-9-10-20-25-21(15-23(31-6)27(19,20)3)26(2)12-11-24(28)32-16-18(26)14-22(25)30-5/h17-25,28H,7-16H2,1-6H3/t17-,18-,19-,20+,21+,22-,23+,24?,25+,26+,27-/m1/s1. The fourth-order valence-electron chi connectivity index (χ4n) is 9.14. The van der Waals surface area contributed by atoms with Crippen LogP contribution in [-0.2, 0) is 18.9 Å². The van der Waals surface area contributed by atoms with Gasteiger partial charge in [0.25, 0.3) is 0 Å². The molecule has 4 rings (SSSR count). The van der Waals surface area contributed by atoms with Crippen molar-refractivity contribution >= 4 is 0 Å². The van der Waals surface area contributed by atoms with E-state index in [1.807, 2.05) is 14.2 Å². The van der Waals surface area contributed by atoms with Crippen molar-refractivity contribution in [3.63, 3.8) is 0 Å². The predicted octanol–water partition coefficient (Wildman–Crippen LogP) is 4.90. The SMILES string of the molecule is COCCC[C@@H](C)[C@H]1CC[C@H]2[C@@H]3[C@H](OC)C[C@@H]4COC(O)CC[C@]4(C)[C@H]3C[C@H](OC)[C@]12C. The van der Waals surface area contributed by atoms with E-state index >= 15 is 0 Å². The maximum atomic E-state index is 10.3. The first-order valence-corrected chi connectivity index (χ1v) is 13.1. The van der Waals surface area contributed by atoms with E-state index in [1.165, 1.54) is 19.3 Å². The summed E-state index contributed by atoms with van der Waals surface area (Å²) in [7, 11) is 5.66. The van der Waals surface area contributed by atoms with E-state index in [0.29, 0.717) is 42.1 Å². The van der Waals surface area contributed by atoms with E-state index in [0.717, 1.165) is 38.7 Å². The Bertz CT molecular complexity index is 627. The highest BCUT2D eigenvalue weighted by Crippen LogP contribution is 2.68. The van der Waals surface area contributed by atoms with Crippen molar-refractivity contribution in [2.45, 2.75) is 90.6 Å². The van der Waals surface area contributed by atoms with E-state index in [9.17, 15) is 5.11 Å². The van der Waals surface area contributed by atoms with Crippen LogP contribution in [0.2, 0.25) is 0 Å². The lowest BCUT2D eigenvalue weighted by Crippen LogP contribution is -2.62. The third-order valence-corrected chi connectivity index (χ3v) is 10.9. The van der Waals surface area contributed by atoms with Gasteiger partial charge in [0.05, 0.1) is 18.8 Å². The lowest BCUT2D eigenvalue weighted by molar-refractivity contribution is -0.210. The van der Waals surface area contributed by atoms with Gasteiger partial charge in [-0.05, 0) is 92.3 Å². The van der Waals surface area contributed by atoms with Gasteiger partial charge < -0.3 is 24.1 Å². The Labute approximate surface area is 195 Å². The van der Waals surface area contributed by atoms with Crippen LogP contribution in [0.25, 0.3) is 0 Å². The van der Waals surface area contributed by atoms with Gasteiger partial charge in [-0.1, -0.05) is 20.8 Å². The summed E-state index contributed by atoms with van der Waals surface area (Å²) in [5, 5.41) is 10.3. The van der Waals surface area contributed by atoms with Crippen LogP contribution in [-0.4, -0.2) is 58.1 Å². The van der Waals surface area contributed by atoms with Gasteiger partial charge in [0.15, 0.2) is 6.29 Å². The molecule has 186 valence electrons. The fourth-order valence-corrected chi connectivity index (χ4v) is 9.14. The van der Waals surface area contributed by atoms with Crippen LogP contribution >= 0.6 is 0 Å². The summed E-state index contributed by atoms with van der Waals surface area (Å²) < 4.78 is 23.8. The first-order chi connectivity index (χ1) is 15.3. The van der Waals surface area contributed by atoms with Crippen molar-refractivity contribution < 1.29 is 24.1 Å². The molecule has 0 aromatic carbocycles. The second-order valence-electron chi connectivity index (χ2n) is 12.0. The van der Waals surface area contributed by atoms with Gasteiger partial charge in [-0.3, -0.25) is 0 Å². The lowest BCUT2D eigenvalue weighted by atomic mass is 9.44. The van der Waals surface area contributed by atoms with Crippen LogP contribution in [0.4, 0.5) is 0 Å². The van der Waals surface area contributed by atoms with Gasteiger partial charge in [-0.15, -0.1) is 0 Å². The Morgan fingerprint density at radius 3 is 2.50 bits per heavy atom. The van der Waals surface area contributed by atoms with Crippen LogP contribution in [0, 0.1) is 46.3 Å². The highest BCUT2D eigenvalue weighted by atomic mass is 16.6. The smallest absolute Gasteiger partial charge is 0.154 e. The Morgan fingerprint density at radius 2 is 1.81 bits per heavy atom. The van der Waals surface area contributed by atoms with E-state index < -0.39 is 6.29 Å².